The highest BCUT2D eigenvalue weighted by molar-refractivity contribution is 7.89. The third kappa shape index (κ3) is 3.46. The lowest BCUT2D eigenvalue weighted by atomic mass is 10.2. The number of para-hydroxylation sites is 1. The Labute approximate surface area is 155 Å². The molecule has 140 valence electrons. The number of carbonyl (C=O) groups excluding carboxylic acids is 1. The van der Waals surface area contributed by atoms with Gasteiger partial charge in [-0.3, -0.25) is 10.2 Å². The van der Waals surface area contributed by atoms with Gasteiger partial charge in [0.2, 0.25) is 0 Å². The van der Waals surface area contributed by atoms with Crippen molar-refractivity contribution >= 4 is 26.8 Å². The van der Waals surface area contributed by atoms with Gasteiger partial charge in [-0.15, -0.1) is 4.83 Å². The number of sulfonamides is 1. The molecule has 0 unspecified atom stereocenters. The number of carbonyl (C=O) groups is 1. The molecule has 0 atom stereocenters. The molecule has 2 aromatic carbocycles. The van der Waals surface area contributed by atoms with Crippen molar-refractivity contribution in [1.82, 2.24) is 15.2 Å². The van der Waals surface area contributed by atoms with Gasteiger partial charge in [0.1, 0.15) is 0 Å². The van der Waals surface area contributed by atoms with Crippen LogP contribution in [0.4, 0.5) is 0 Å². The summed E-state index contributed by atoms with van der Waals surface area (Å²) < 4.78 is 36.0. The van der Waals surface area contributed by atoms with Crippen LogP contribution in [-0.2, 0) is 10.0 Å². The van der Waals surface area contributed by atoms with E-state index in [4.69, 9.17) is 9.47 Å². The minimum absolute atomic E-state index is 0.0361. The van der Waals surface area contributed by atoms with Crippen molar-refractivity contribution in [2.45, 2.75) is 11.3 Å². The first-order valence-corrected chi connectivity index (χ1v) is 9.81. The van der Waals surface area contributed by atoms with Crippen LogP contribution in [0, 0.1) is 0 Å². The van der Waals surface area contributed by atoms with Gasteiger partial charge in [0.05, 0.1) is 23.7 Å². The van der Waals surface area contributed by atoms with Crippen LogP contribution in [0.2, 0.25) is 0 Å². The van der Waals surface area contributed by atoms with Gasteiger partial charge < -0.3 is 14.5 Å². The molecule has 1 aliphatic rings. The molecule has 3 aromatic rings. The van der Waals surface area contributed by atoms with E-state index in [1.54, 1.807) is 12.1 Å². The van der Waals surface area contributed by atoms with E-state index in [-0.39, 0.29) is 4.90 Å². The predicted molar refractivity (Wildman–Crippen MR) is 98.1 cm³/mol. The highest BCUT2D eigenvalue weighted by atomic mass is 32.2. The molecule has 0 spiro atoms. The largest absolute Gasteiger partial charge is 0.490 e. The number of nitrogens with one attached hydrogen (secondary N) is 3. The fourth-order valence-electron chi connectivity index (χ4n) is 2.81. The fraction of sp³-hybridized carbons (Fsp3) is 0.167. The van der Waals surface area contributed by atoms with Gasteiger partial charge in [-0.1, -0.05) is 18.2 Å². The topological polar surface area (TPSA) is 110 Å². The Kier molecular flexibility index (Phi) is 4.46. The Morgan fingerprint density at radius 1 is 1.04 bits per heavy atom. The van der Waals surface area contributed by atoms with E-state index in [0.29, 0.717) is 35.7 Å². The molecule has 8 nitrogen and oxygen atoms in total. The summed E-state index contributed by atoms with van der Waals surface area (Å²) in [5.41, 5.74) is 3.36. The molecule has 1 amide bonds. The second-order valence-electron chi connectivity index (χ2n) is 5.97. The number of rotatable bonds is 4. The second kappa shape index (κ2) is 6.93. The summed E-state index contributed by atoms with van der Waals surface area (Å²) in [5.74, 6) is 0.290. The van der Waals surface area contributed by atoms with Crippen molar-refractivity contribution in [3.05, 3.63) is 54.2 Å². The zero-order valence-electron chi connectivity index (χ0n) is 14.2. The zero-order valence-corrected chi connectivity index (χ0v) is 15.0. The number of fused-ring (bicyclic) bond motifs is 2. The summed E-state index contributed by atoms with van der Waals surface area (Å²) in [4.78, 5) is 17.4. The molecule has 0 aliphatic carbocycles. The quantitative estimate of drug-likeness (QED) is 0.593. The van der Waals surface area contributed by atoms with Gasteiger partial charge in [0.25, 0.3) is 15.9 Å². The van der Waals surface area contributed by atoms with Gasteiger partial charge in [-0.2, -0.15) is 0 Å². The van der Waals surface area contributed by atoms with E-state index in [1.165, 1.54) is 24.4 Å². The van der Waals surface area contributed by atoms with E-state index in [9.17, 15) is 13.2 Å². The van der Waals surface area contributed by atoms with Crippen molar-refractivity contribution < 1.29 is 22.7 Å². The van der Waals surface area contributed by atoms with E-state index < -0.39 is 15.9 Å². The van der Waals surface area contributed by atoms with Gasteiger partial charge in [-0.05, 0) is 18.2 Å². The first-order chi connectivity index (χ1) is 13.0. The van der Waals surface area contributed by atoms with Crippen molar-refractivity contribution in [2.75, 3.05) is 13.2 Å². The van der Waals surface area contributed by atoms with Crippen LogP contribution < -0.4 is 19.7 Å². The van der Waals surface area contributed by atoms with E-state index in [1.807, 2.05) is 12.1 Å². The highest BCUT2D eigenvalue weighted by Gasteiger charge is 2.20. The lowest BCUT2D eigenvalue weighted by molar-refractivity contribution is 0.0947. The van der Waals surface area contributed by atoms with Crippen LogP contribution in [0.1, 0.15) is 16.8 Å². The van der Waals surface area contributed by atoms with Crippen LogP contribution >= 0.6 is 0 Å². The molecular weight excluding hydrogens is 370 g/mol. The standard InChI is InChI=1S/C18H17N3O5S/c22-18(14-11-19-15-5-2-1-4-13(14)15)20-21-27(23,24)12-6-7-16-17(10-12)26-9-3-8-25-16/h1-2,4-7,10-11,19,21H,3,8-9H2,(H,20,22). The van der Waals surface area contributed by atoms with Gasteiger partial charge in [0, 0.05) is 29.6 Å². The molecule has 9 heteroatoms. The molecular formula is C18H17N3O5S. The fourth-order valence-corrected chi connectivity index (χ4v) is 3.66. The molecule has 2 heterocycles. The predicted octanol–water partition coefficient (Wildman–Crippen LogP) is 1.95. The van der Waals surface area contributed by atoms with E-state index in [0.717, 1.165) is 11.9 Å². The molecule has 0 bridgehead atoms. The molecule has 3 N–H and O–H groups in total. The summed E-state index contributed by atoms with van der Waals surface area (Å²) in [7, 11) is -3.97. The second-order valence-corrected chi connectivity index (χ2v) is 7.65. The number of H-pyrrole nitrogens is 1. The maximum atomic E-state index is 12.5. The average Bonchev–Trinajstić information content (AvgIpc) is 2.96. The lowest BCUT2D eigenvalue weighted by Gasteiger charge is -2.11. The minimum Gasteiger partial charge on any atom is -0.490 e. The summed E-state index contributed by atoms with van der Waals surface area (Å²) in [6.45, 7) is 0.958. The molecule has 1 aromatic heterocycles. The monoisotopic (exact) mass is 387 g/mol. The summed E-state index contributed by atoms with van der Waals surface area (Å²) >= 11 is 0. The van der Waals surface area contributed by atoms with Gasteiger partial charge >= 0.3 is 0 Å². The molecule has 1 aliphatic heterocycles. The number of aromatic nitrogens is 1. The number of benzene rings is 2. The molecule has 0 saturated heterocycles. The number of hydrazine groups is 1. The zero-order chi connectivity index (χ0) is 18.9. The highest BCUT2D eigenvalue weighted by Crippen LogP contribution is 2.31. The van der Waals surface area contributed by atoms with Crippen molar-refractivity contribution in [2.24, 2.45) is 0 Å². The van der Waals surface area contributed by atoms with Gasteiger partial charge in [0.15, 0.2) is 11.5 Å². The smallest absolute Gasteiger partial charge is 0.268 e. The summed E-state index contributed by atoms with van der Waals surface area (Å²) in [6.07, 6.45) is 2.25. The Bertz CT molecular complexity index is 1110. The lowest BCUT2D eigenvalue weighted by Crippen LogP contribution is -2.41. The molecule has 27 heavy (non-hydrogen) atoms. The Hall–Kier alpha value is -3.04. The minimum atomic E-state index is -3.97. The maximum absolute atomic E-state index is 12.5. The normalized spacial score (nSPS) is 13.9. The Balaban J connectivity index is 1.52. The Morgan fingerprint density at radius 2 is 1.81 bits per heavy atom. The Morgan fingerprint density at radius 3 is 2.67 bits per heavy atom. The third-order valence-corrected chi connectivity index (χ3v) is 5.41. The maximum Gasteiger partial charge on any atom is 0.268 e. The van der Waals surface area contributed by atoms with E-state index >= 15 is 0 Å². The van der Waals surface area contributed by atoms with Crippen LogP contribution in [0.15, 0.2) is 53.6 Å². The number of hydrogen-bond acceptors (Lipinski definition) is 5. The first-order valence-electron chi connectivity index (χ1n) is 8.32. The molecule has 0 radical (unpaired) electrons. The summed E-state index contributed by atoms with van der Waals surface area (Å²) in [5, 5.41) is 0.699. The van der Waals surface area contributed by atoms with Crippen LogP contribution in [0.25, 0.3) is 10.9 Å². The SMILES string of the molecule is O=C(NNS(=O)(=O)c1ccc2c(c1)OCCCO2)c1c[nH]c2ccccc12. The molecule has 0 saturated carbocycles. The van der Waals surface area contributed by atoms with Crippen LogP contribution in [0.3, 0.4) is 0 Å². The van der Waals surface area contributed by atoms with Crippen LogP contribution in [-0.4, -0.2) is 32.5 Å². The number of ether oxygens (including phenoxy) is 2. The number of amides is 1. The average molecular weight is 387 g/mol. The third-order valence-electron chi connectivity index (χ3n) is 4.16. The first kappa shape index (κ1) is 17.4. The van der Waals surface area contributed by atoms with Gasteiger partial charge in [-0.25, -0.2) is 8.42 Å². The molecule has 0 fully saturated rings. The van der Waals surface area contributed by atoms with Crippen molar-refractivity contribution in [1.29, 1.82) is 0 Å². The van der Waals surface area contributed by atoms with E-state index in [2.05, 4.69) is 15.2 Å². The number of hydrogen-bond donors (Lipinski definition) is 3. The molecule has 4 rings (SSSR count). The van der Waals surface area contributed by atoms with Crippen LogP contribution in [0.5, 0.6) is 11.5 Å². The van der Waals surface area contributed by atoms with Crippen molar-refractivity contribution in [3.8, 4) is 11.5 Å². The van der Waals surface area contributed by atoms with Crippen molar-refractivity contribution in [3.63, 3.8) is 0 Å². The summed E-state index contributed by atoms with van der Waals surface area (Å²) in [6, 6.07) is 11.6. The number of aromatic amines is 1.